The average molecular weight is 765 g/mol. The Bertz CT molecular complexity index is 3190. The van der Waals surface area contributed by atoms with Crippen LogP contribution in [0.4, 0.5) is 0 Å². The Morgan fingerprint density at radius 3 is 1.60 bits per heavy atom. The molecule has 0 spiro atoms. The van der Waals surface area contributed by atoms with Crippen LogP contribution in [-0.2, 0) is 5.41 Å². The molecule has 0 saturated heterocycles. The summed E-state index contributed by atoms with van der Waals surface area (Å²) in [4.78, 5) is 10.5. The molecule has 1 aliphatic carbocycles. The van der Waals surface area contributed by atoms with Gasteiger partial charge in [-0.25, -0.2) is 9.97 Å². The average Bonchev–Trinajstić information content (AvgIpc) is 3.60. The van der Waals surface area contributed by atoms with Crippen molar-refractivity contribution in [3.05, 3.63) is 241 Å². The van der Waals surface area contributed by atoms with E-state index in [0.717, 1.165) is 39.0 Å². The highest BCUT2D eigenvalue weighted by molar-refractivity contribution is 6.05. The number of rotatable bonds is 7. The summed E-state index contributed by atoms with van der Waals surface area (Å²) in [5.41, 5.74) is 18.3. The highest BCUT2D eigenvalue weighted by Crippen LogP contribution is 2.56. The molecule has 0 aliphatic heterocycles. The summed E-state index contributed by atoms with van der Waals surface area (Å²) in [6, 6.07) is 80.7. The molecule has 1 heterocycles. The highest BCUT2D eigenvalue weighted by Gasteiger charge is 2.42. The SMILES string of the molecule is CC1(c2ccccc2)c2cc(-c3ccc(-c4cc(-c5cccc(-c6ccccc6)c5)nc(-c5ccccc5)n4)c4ccccc34)ccc2-c2c(-c3ccccc3)cccc21. The van der Waals surface area contributed by atoms with Crippen LogP contribution in [0.2, 0.25) is 0 Å². The van der Waals surface area contributed by atoms with Gasteiger partial charge in [0.1, 0.15) is 0 Å². The lowest BCUT2D eigenvalue weighted by atomic mass is 9.73. The van der Waals surface area contributed by atoms with Gasteiger partial charge in [0, 0.05) is 22.1 Å². The van der Waals surface area contributed by atoms with Gasteiger partial charge in [0.05, 0.1) is 11.4 Å². The fourth-order valence-electron chi connectivity index (χ4n) is 9.40. The first-order valence-corrected chi connectivity index (χ1v) is 20.7. The lowest BCUT2D eigenvalue weighted by molar-refractivity contribution is 0.714. The van der Waals surface area contributed by atoms with Gasteiger partial charge in [-0.3, -0.25) is 0 Å². The van der Waals surface area contributed by atoms with E-state index in [0.29, 0.717) is 5.82 Å². The van der Waals surface area contributed by atoms with Crippen LogP contribution in [0.3, 0.4) is 0 Å². The van der Waals surface area contributed by atoms with E-state index in [1.165, 1.54) is 61.0 Å². The Balaban J connectivity index is 1.08. The summed E-state index contributed by atoms with van der Waals surface area (Å²) in [5, 5.41) is 2.34. The molecule has 2 heteroatoms. The second kappa shape index (κ2) is 14.6. The normalized spacial score (nSPS) is 14.2. The number of nitrogens with zero attached hydrogens (tertiary/aromatic N) is 2. The highest BCUT2D eigenvalue weighted by atomic mass is 14.9. The van der Waals surface area contributed by atoms with Gasteiger partial charge in [0.2, 0.25) is 0 Å². The Kier molecular flexibility index (Phi) is 8.64. The van der Waals surface area contributed by atoms with Gasteiger partial charge in [-0.1, -0.05) is 206 Å². The van der Waals surface area contributed by atoms with Crippen molar-refractivity contribution in [2.24, 2.45) is 0 Å². The first-order valence-electron chi connectivity index (χ1n) is 20.7. The number of hydrogen-bond donors (Lipinski definition) is 0. The molecule has 1 aliphatic rings. The molecule has 0 saturated carbocycles. The Labute approximate surface area is 351 Å². The molecular weight excluding hydrogens is 725 g/mol. The zero-order valence-corrected chi connectivity index (χ0v) is 33.3. The van der Waals surface area contributed by atoms with Crippen molar-refractivity contribution in [1.29, 1.82) is 0 Å². The van der Waals surface area contributed by atoms with E-state index < -0.39 is 0 Å². The third-order valence-corrected chi connectivity index (χ3v) is 12.4. The van der Waals surface area contributed by atoms with E-state index in [-0.39, 0.29) is 5.41 Å². The van der Waals surface area contributed by atoms with Crippen LogP contribution in [0.5, 0.6) is 0 Å². The minimum atomic E-state index is -0.342. The van der Waals surface area contributed by atoms with Crippen molar-refractivity contribution >= 4 is 10.8 Å². The summed E-state index contributed by atoms with van der Waals surface area (Å²) < 4.78 is 0. The van der Waals surface area contributed by atoms with Crippen LogP contribution in [0, 0.1) is 0 Å². The minimum absolute atomic E-state index is 0.342. The predicted octanol–water partition coefficient (Wildman–Crippen LogP) is 15.0. The van der Waals surface area contributed by atoms with Gasteiger partial charge in [-0.05, 0) is 97.1 Å². The fraction of sp³-hybridized carbons (Fsp3) is 0.0345. The first kappa shape index (κ1) is 35.5. The second-order valence-corrected chi connectivity index (χ2v) is 15.8. The fourth-order valence-corrected chi connectivity index (χ4v) is 9.40. The van der Waals surface area contributed by atoms with Crippen molar-refractivity contribution in [3.8, 4) is 78.4 Å². The van der Waals surface area contributed by atoms with Crippen molar-refractivity contribution in [2.45, 2.75) is 12.3 Å². The van der Waals surface area contributed by atoms with E-state index in [1.54, 1.807) is 0 Å². The lowest BCUT2D eigenvalue weighted by Gasteiger charge is -2.29. The summed E-state index contributed by atoms with van der Waals surface area (Å²) in [6.07, 6.45) is 0. The molecule has 1 unspecified atom stereocenters. The van der Waals surface area contributed by atoms with Crippen LogP contribution >= 0.6 is 0 Å². The van der Waals surface area contributed by atoms with E-state index in [2.05, 4.69) is 213 Å². The first-order chi connectivity index (χ1) is 29.6. The zero-order valence-electron chi connectivity index (χ0n) is 33.3. The molecule has 0 bridgehead atoms. The maximum Gasteiger partial charge on any atom is 0.160 e. The van der Waals surface area contributed by atoms with Gasteiger partial charge in [0.15, 0.2) is 5.82 Å². The third-order valence-electron chi connectivity index (χ3n) is 12.4. The zero-order chi connectivity index (χ0) is 40.0. The number of hydrogen-bond acceptors (Lipinski definition) is 2. The third kappa shape index (κ3) is 5.96. The van der Waals surface area contributed by atoms with Gasteiger partial charge < -0.3 is 0 Å². The Morgan fingerprint density at radius 1 is 0.317 bits per heavy atom. The molecule has 9 aromatic carbocycles. The smallest absolute Gasteiger partial charge is 0.160 e. The van der Waals surface area contributed by atoms with Crippen LogP contribution in [-0.4, -0.2) is 9.97 Å². The summed E-state index contributed by atoms with van der Waals surface area (Å²) in [5.74, 6) is 0.703. The predicted molar refractivity (Wildman–Crippen MR) is 250 cm³/mol. The minimum Gasteiger partial charge on any atom is -0.228 e. The van der Waals surface area contributed by atoms with Crippen LogP contribution < -0.4 is 0 Å². The molecule has 0 amide bonds. The molecule has 282 valence electrons. The standard InChI is InChI=1S/C58H40N2/c1-58(45-26-12-5-13-27-45)52-31-17-30-47(40-20-8-3-9-21-40)56(52)51-33-32-43(37-53(51)58)46-34-35-50(49-29-15-14-28-48(46)49)55-38-54(59-57(60-55)41-22-10-4-11-23-41)44-25-16-24-42(36-44)39-18-6-2-7-19-39/h2-38H,1H3. The monoisotopic (exact) mass is 764 g/mol. The van der Waals surface area contributed by atoms with Crippen LogP contribution in [0.25, 0.3) is 89.2 Å². The number of fused-ring (bicyclic) bond motifs is 4. The molecule has 2 nitrogen and oxygen atoms in total. The molecule has 1 aromatic heterocycles. The summed E-state index contributed by atoms with van der Waals surface area (Å²) in [6.45, 7) is 2.40. The van der Waals surface area contributed by atoms with E-state index in [1.807, 2.05) is 18.2 Å². The summed E-state index contributed by atoms with van der Waals surface area (Å²) in [7, 11) is 0. The largest absolute Gasteiger partial charge is 0.228 e. The van der Waals surface area contributed by atoms with Gasteiger partial charge in [-0.15, -0.1) is 0 Å². The maximum absolute atomic E-state index is 5.28. The van der Waals surface area contributed by atoms with Crippen molar-refractivity contribution in [3.63, 3.8) is 0 Å². The maximum atomic E-state index is 5.28. The van der Waals surface area contributed by atoms with Gasteiger partial charge in [-0.2, -0.15) is 0 Å². The molecule has 11 rings (SSSR count). The summed E-state index contributed by atoms with van der Waals surface area (Å²) >= 11 is 0. The molecule has 0 N–H and O–H groups in total. The quantitative estimate of drug-likeness (QED) is 0.162. The van der Waals surface area contributed by atoms with Crippen molar-refractivity contribution in [1.82, 2.24) is 9.97 Å². The van der Waals surface area contributed by atoms with E-state index in [4.69, 9.17) is 9.97 Å². The molecule has 10 aromatic rings. The topological polar surface area (TPSA) is 25.8 Å². The Morgan fingerprint density at radius 2 is 0.867 bits per heavy atom. The number of benzene rings is 9. The van der Waals surface area contributed by atoms with Crippen LogP contribution in [0.1, 0.15) is 23.6 Å². The lowest BCUT2D eigenvalue weighted by Crippen LogP contribution is -2.22. The van der Waals surface area contributed by atoms with Crippen molar-refractivity contribution < 1.29 is 0 Å². The van der Waals surface area contributed by atoms with E-state index >= 15 is 0 Å². The van der Waals surface area contributed by atoms with Crippen LogP contribution in [0.15, 0.2) is 224 Å². The number of aromatic nitrogens is 2. The second-order valence-electron chi connectivity index (χ2n) is 15.8. The van der Waals surface area contributed by atoms with Gasteiger partial charge >= 0.3 is 0 Å². The molecule has 0 fully saturated rings. The Hall–Kier alpha value is -7.68. The van der Waals surface area contributed by atoms with Gasteiger partial charge in [0.25, 0.3) is 0 Å². The molecular formula is C58H40N2. The molecule has 1 atom stereocenters. The van der Waals surface area contributed by atoms with Crippen molar-refractivity contribution in [2.75, 3.05) is 0 Å². The molecule has 60 heavy (non-hydrogen) atoms. The molecule has 0 radical (unpaired) electrons. The van der Waals surface area contributed by atoms with E-state index in [9.17, 15) is 0 Å².